The second-order valence-electron chi connectivity index (χ2n) is 28.3. The number of benzene rings is 7. The van der Waals surface area contributed by atoms with Crippen molar-refractivity contribution < 1.29 is 0 Å². The molecule has 2 nitrogen and oxygen atoms in total. The maximum atomic E-state index is 2.75. The van der Waals surface area contributed by atoms with Crippen molar-refractivity contribution in [1.82, 2.24) is 0 Å². The summed E-state index contributed by atoms with van der Waals surface area (Å²) < 4.78 is 0. The number of rotatable bonds is 5. The van der Waals surface area contributed by atoms with Crippen LogP contribution in [0.2, 0.25) is 0 Å². The lowest BCUT2D eigenvalue weighted by molar-refractivity contribution is 0.331. The smallest absolute Gasteiger partial charge is 0.247 e. The van der Waals surface area contributed by atoms with Crippen LogP contribution in [-0.2, 0) is 37.9 Å². The number of fused-ring (bicyclic) bond motifs is 6. The van der Waals surface area contributed by atoms with Gasteiger partial charge in [-0.05, 0) is 212 Å². The minimum absolute atomic E-state index is 0.00759. The van der Waals surface area contributed by atoms with E-state index in [-0.39, 0.29) is 39.2 Å². The molecule has 1 atom stereocenters. The first kappa shape index (κ1) is 50.4. The van der Waals surface area contributed by atoms with E-state index in [2.05, 4.69) is 262 Å². The van der Waals surface area contributed by atoms with Crippen LogP contribution in [0.25, 0.3) is 0 Å². The standard InChI is InChI=1S/C71H83BN2/c1-44-37-52-55(70(16,17)34-31-67(52,10)11)43-60(44)74-61-40-51(73(49-25-21-19-22-26-49)50-27-23-20-24-28-50)29-30-58(61)72-59-42-54-53(68(12,13)32-33-69(54,14)15)41-56(59)71(18,57-38-48(66(7,8)9)39-62(74)64(57)72)63-45(2)35-47(36-46(63)3)65(4,5)6/h19-30,35-43H,31-34H2,1-18H3/t71-/m1/s1. The molecule has 3 heteroatoms. The van der Waals surface area contributed by atoms with Crippen molar-refractivity contribution in [3.63, 3.8) is 0 Å². The summed E-state index contributed by atoms with van der Waals surface area (Å²) in [5.74, 6) is 0. The van der Waals surface area contributed by atoms with E-state index >= 15 is 0 Å². The van der Waals surface area contributed by atoms with Crippen molar-refractivity contribution >= 4 is 57.2 Å². The molecule has 0 unspecified atom stereocenters. The Labute approximate surface area is 447 Å². The van der Waals surface area contributed by atoms with Gasteiger partial charge in [0.15, 0.2) is 0 Å². The number of hydrogen-bond acceptors (Lipinski definition) is 2. The van der Waals surface area contributed by atoms with Gasteiger partial charge in [-0.2, -0.15) is 0 Å². The minimum Gasteiger partial charge on any atom is -0.311 e. The Morgan fingerprint density at radius 3 is 1.39 bits per heavy atom. The molecule has 0 bridgehead atoms. The Balaban J connectivity index is 1.32. The van der Waals surface area contributed by atoms with Gasteiger partial charge in [-0.1, -0.05) is 181 Å². The lowest BCUT2D eigenvalue weighted by Crippen LogP contribution is -2.65. The van der Waals surface area contributed by atoms with E-state index in [0.29, 0.717) is 0 Å². The minimum atomic E-state index is -0.466. The summed E-state index contributed by atoms with van der Waals surface area (Å²) in [4.78, 5) is 5.21. The van der Waals surface area contributed by atoms with Crippen molar-refractivity contribution in [2.75, 3.05) is 9.80 Å². The van der Waals surface area contributed by atoms with Crippen LogP contribution in [0.3, 0.4) is 0 Å². The molecule has 7 aromatic rings. The summed E-state index contributed by atoms with van der Waals surface area (Å²) in [7, 11) is 0. The molecule has 7 aromatic carbocycles. The van der Waals surface area contributed by atoms with Gasteiger partial charge in [0.25, 0.3) is 0 Å². The lowest BCUT2D eigenvalue weighted by Gasteiger charge is -2.51. The van der Waals surface area contributed by atoms with Gasteiger partial charge in [0.2, 0.25) is 6.71 Å². The Morgan fingerprint density at radius 1 is 0.405 bits per heavy atom. The number of hydrogen-bond donors (Lipinski definition) is 0. The van der Waals surface area contributed by atoms with Gasteiger partial charge in [-0.3, -0.25) is 0 Å². The zero-order valence-corrected chi connectivity index (χ0v) is 48.4. The molecule has 2 aliphatic heterocycles. The normalized spacial score (nSPS) is 19.7. The first-order valence-electron chi connectivity index (χ1n) is 28.1. The first-order chi connectivity index (χ1) is 34.5. The second-order valence-corrected chi connectivity index (χ2v) is 28.3. The molecule has 0 N–H and O–H groups in total. The topological polar surface area (TPSA) is 6.48 Å². The van der Waals surface area contributed by atoms with Gasteiger partial charge in [0.1, 0.15) is 0 Å². The van der Waals surface area contributed by atoms with E-state index in [9.17, 15) is 0 Å². The average Bonchev–Trinajstić information content (AvgIpc) is 3.33. The quantitative estimate of drug-likeness (QED) is 0.159. The Kier molecular flexibility index (Phi) is 11.3. The summed E-state index contributed by atoms with van der Waals surface area (Å²) in [6, 6.07) is 50.5. The number of nitrogens with zero attached hydrogens (tertiary/aromatic N) is 2. The third-order valence-electron chi connectivity index (χ3n) is 19.1. The predicted octanol–water partition coefficient (Wildman–Crippen LogP) is 17.3. The van der Waals surface area contributed by atoms with E-state index < -0.39 is 5.41 Å². The zero-order chi connectivity index (χ0) is 53.0. The fourth-order valence-electron chi connectivity index (χ4n) is 14.4. The van der Waals surface area contributed by atoms with E-state index in [0.717, 1.165) is 23.5 Å². The fraction of sp³-hybridized carbons (Fsp3) is 0.408. The van der Waals surface area contributed by atoms with Gasteiger partial charge in [-0.25, -0.2) is 0 Å². The molecule has 380 valence electrons. The Morgan fingerprint density at radius 2 is 0.878 bits per heavy atom. The molecular formula is C71H83BN2. The molecule has 74 heavy (non-hydrogen) atoms. The summed E-state index contributed by atoms with van der Waals surface area (Å²) in [6.07, 6.45) is 4.69. The van der Waals surface area contributed by atoms with E-state index in [4.69, 9.17) is 0 Å². The average molecular weight is 975 g/mol. The highest BCUT2D eigenvalue weighted by Crippen LogP contribution is 2.55. The van der Waals surface area contributed by atoms with Gasteiger partial charge in [0, 0.05) is 39.5 Å². The lowest BCUT2D eigenvalue weighted by atomic mass is 9.29. The molecule has 2 aliphatic carbocycles. The van der Waals surface area contributed by atoms with Crippen molar-refractivity contribution in [1.29, 1.82) is 0 Å². The summed E-state index contributed by atoms with van der Waals surface area (Å²) in [6.45, 7) is 44.2. The summed E-state index contributed by atoms with van der Waals surface area (Å²) in [5.41, 5.74) is 28.5. The monoisotopic (exact) mass is 975 g/mol. The molecule has 0 saturated heterocycles. The Hall–Kier alpha value is -5.80. The highest BCUT2D eigenvalue weighted by Gasteiger charge is 2.52. The molecule has 0 amide bonds. The van der Waals surface area contributed by atoms with Crippen LogP contribution in [0.1, 0.15) is 196 Å². The second kappa shape index (κ2) is 16.6. The molecule has 0 saturated carbocycles. The van der Waals surface area contributed by atoms with Crippen LogP contribution >= 0.6 is 0 Å². The maximum absolute atomic E-state index is 2.75. The molecule has 0 fully saturated rings. The van der Waals surface area contributed by atoms with Gasteiger partial charge in [-0.15, -0.1) is 0 Å². The van der Waals surface area contributed by atoms with E-state index in [1.54, 1.807) is 0 Å². The summed E-state index contributed by atoms with van der Waals surface area (Å²) in [5, 5.41) is 0. The van der Waals surface area contributed by atoms with E-state index in [1.165, 1.54) is 119 Å². The molecular weight excluding hydrogens is 892 g/mol. The fourth-order valence-corrected chi connectivity index (χ4v) is 14.4. The van der Waals surface area contributed by atoms with Crippen LogP contribution in [0.5, 0.6) is 0 Å². The van der Waals surface area contributed by atoms with Crippen molar-refractivity contribution in [2.45, 2.75) is 188 Å². The van der Waals surface area contributed by atoms with Crippen molar-refractivity contribution in [3.8, 4) is 0 Å². The maximum Gasteiger partial charge on any atom is 0.247 e. The molecule has 4 aliphatic rings. The zero-order valence-electron chi connectivity index (χ0n) is 48.4. The van der Waals surface area contributed by atoms with E-state index in [1.807, 2.05) is 0 Å². The predicted molar refractivity (Wildman–Crippen MR) is 321 cm³/mol. The van der Waals surface area contributed by atoms with Gasteiger partial charge in [0.05, 0.1) is 0 Å². The van der Waals surface area contributed by atoms with Crippen molar-refractivity contribution in [2.24, 2.45) is 0 Å². The first-order valence-corrected chi connectivity index (χ1v) is 28.1. The highest BCUT2D eigenvalue weighted by molar-refractivity contribution is 6.99. The number of para-hydroxylation sites is 2. The third-order valence-corrected chi connectivity index (χ3v) is 19.1. The van der Waals surface area contributed by atoms with Crippen LogP contribution in [-0.4, -0.2) is 6.71 Å². The van der Waals surface area contributed by atoms with Gasteiger partial charge >= 0.3 is 0 Å². The summed E-state index contributed by atoms with van der Waals surface area (Å²) >= 11 is 0. The number of aryl methyl sites for hydroxylation is 3. The van der Waals surface area contributed by atoms with Crippen LogP contribution in [0.15, 0.2) is 127 Å². The third kappa shape index (κ3) is 7.70. The van der Waals surface area contributed by atoms with Crippen molar-refractivity contribution in [3.05, 3.63) is 194 Å². The molecule has 0 radical (unpaired) electrons. The van der Waals surface area contributed by atoms with Crippen LogP contribution in [0.4, 0.5) is 34.1 Å². The van der Waals surface area contributed by atoms with Gasteiger partial charge < -0.3 is 9.80 Å². The SMILES string of the molecule is Cc1cc2c(cc1N1c3cc(N(c4ccccc4)c4ccccc4)ccc3B3c4cc5c(cc4[C@@](C)(c4c(C)cc(C(C)(C)C)cc4C)c4cc(C(C)(C)C)cc1c43)C(C)(C)CCC5(C)C)C(C)(C)CCC2(C)C. The van der Waals surface area contributed by atoms with Crippen LogP contribution in [0, 0.1) is 20.8 Å². The highest BCUT2D eigenvalue weighted by atomic mass is 15.2. The van der Waals surface area contributed by atoms with Crippen LogP contribution < -0.4 is 26.2 Å². The largest absolute Gasteiger partial charge is 0.311 e. The molecule has 2 heterocycles. The Bertz CT molecular complexity index is 3350. The molecule has 0 spiro atoms. The number of anilines is 6. The molecule has 11 rings (SSSR count). The molecule has 0 aromatic heterocycles.